The Hall–Kier alpha value is -5.74. The summed E-state index contributed by atoms with van der Waals surface area (Å²) in [6.07, 6.45) is 0.345. The molecule has 0 radical (unpaired) electrons. The minimum atomic E-state index is -1.17. The van der Waals surface area contributed by atoms with Crippen molar-refractivity contribution < 1.29 is 38.4 Å². The second-order valence-electron chi connectivity index (χ2n) is 10.1. The number of rotatable bonds is 15. The second kappa shape index (κ2) is 16.5. The lowest BCUT2D eigenvalue weighted by atomic mass is 9.95. The molecule has 3 aromatic rings. The minimum absolute atomic E-state index is 0.172. The lowest BCUT2D eigenvalue weighted by Crippen LogP contribution is -2.45. The fourth-order valence-corrected chi connectivity index (χ4v) is 4.72. The topological polar surface area (TPSA) is 173 Å². The normalized spacial score (nSPS) is 14.8. The van der Waals surface area contributed by atoms with Gasteiger partial charge in [-0.2, -0.15) is 10.4 Å². The first-order valence-corrected chi connectivity index (χ1v) is 14.9. The average Bonchev–Trinajstić information content (AvgIpc) is 3.07. The van der Waals surface area contributed by atoms with Gasteiger partial charge in [-0.1, -0.05) is 24.3 Å². The number of amides is 2. The Morgan fingerprint density at radius 3 is 2.45 bits per heavy atom. The molecule has 1 aliphatic rings. The van der Waals surface area contributed by atoms with E-state index in [-0.39, 0.29) is 18.8 Å². The van der Waals surface area contributed by atoms with Crippen LogP contribution in [0.25, 0.3) is 0 Å². The lowest BCUT2D eigenvalue weighted by molar-refractivity contribution is -0.136. The Labute approximate surface area is 272 Å². The second-order valence-corrected chi connectivity index (χ2v) is 10.1. The van der Waals surface area contributed by atoms with Crippen LogP contribution >= 0.6 is 0 Å². The van der Waals surface area contributed by atoms with E-state index in [1.54, 1.807) is 62.4 Å². The van der Waals surface area contributed by atoms with Gasteiger partial charge in [0.25, 0.3) is 0 Å². The third-order valence-corrected chi connectivity index (χ3v) is 6.90. The van der Waals surface area contributed by atoms with Crippen molar-refractivity contribution in [2.75, 3.05) is 26.9 Å². The van der Waals surface area contributed by atoms with Crippen LogP contribution in [0.1, 0.15) is 49.1 Å². The van der Waals surface area contributed by atoms with Crippen LogP contribution in [0.2, 0.25) is 0 Å². The zero-order valence-electron chi connectivity index (χ0n) is 26.5. The van der Waals surface area contributed by atoms with Crippen LogP contribution in [0.3, 0.4) is 0 Å². The number of nitrogens with one attached hydrogen (secondary N) is 3. The van der Waals surface area contributed by atoms with Gasteiger partial charge in [-0.3, -0.25) is 5.43 Å². The van der Waals surface area contributed by atoms with Crippen molar-refractivity contribution in [2.45, 2.75) is 39.6 Å². The third kappa shape index (κ3) is 8.93. The number of carbonyl (C=O) groups is 2. The number of hydrogen-bond acceptors (Lipinski definition) is 11. The van der Waals surface area contributed by atoms with Crippen LogP contribution in [0.15, 0.2) is 77.0 Å². The van der Waals surface area contributed by atoms with Gasteiger partial charge in [0, 0.05) is 11.3 Å². The molecule has 246 valence electrons. The molecule has 2 amide bonds. The van der Waals surface area contributed by atoms with Crippen LogP contribution in [0.5, 0.6) is 23.0 Å². The fourth-order valence-electron chi connectivity index (χ4n) is 4.72. The Bertz CT molecular complexity index is 1680. The van der Waals surface area contributed by atoms with Crippen molar-refractivity contribution in [1.29, 1.82) is 5.26 Å². The van der Waals surface area contributed by atoms with Gasteiger partial charge in [0.2, 0.25) is 0 Å². The predicted molar refractivity (Wildman–Crippen MR) is 172 cm³/mol. The van der Waals surface area contributed by atoms with Crippen molar-refractivity contribution in [2.24, 2.45) is 5.10 Å². The number of urea groups is 1. The van der Waals surface area contributed by atoms with Gasteiger partial charge in [0.1, 0.15) is 13.2 Å². The molecule has 4 rings (SSSR count). The van der Waals surface area contributed by atoms with Gasteiger partial charge >= 0.3 is 12.0 Å². The monoisotopic (exact) mass is 643 g/mol. The number of benzene rings is 3. The van der Waals surface area contributed by atoms with Gasteiger partial charge in [-0.05, 0) is 68.3 Å². The van der Waals surface area contributed by atoms with E-state index in [1.807, 2.05) is 19.1 Å². The zero-order chi connectivity index (χ0) is 33.8. The molecule has 2 atom stereocenters. The molecule has 0 unspecified atom stereocenters. The number of aliphatic hydroxyl groups is 1. The Morgan fingerprint density at radius 2 is 1.72 bits per heavy atom. The van der Waals surface area contributed by atoms with Crippen LogP contribution in [-0.2, 0) is 16.1 Å². The first kappa shape index (κ1) is 34.1. The van der Waals surface area contributed by atoms with Crippen LogP contribution in [0, 0.1) is 11.3 Å². The summed E-state index contributed by atoms with van der Waals surface area (Å²) >= 11 is 0. The van der Waals surface area contributed by atoms with E-state index in [2.05, 4.69) is 27.2 Å². The molecule has 13 nitrogen and oxygen atoms in total. The molecule has 0 aromatic heterocycles. The molecule has 0 fully saturated rings. The summed E-state index contributed by atoms with van der Waals surface area (Å²) in [6, 6.07) is 18.4. The van der Waals surface area contributed by atoms with Gasteiger partial charge in [0.15, 0.2) is 29.2 Å². The Morgan fingerprint density at radius 1 is 1.02 bits per heavy atom. The number of hydrazone groups is 1. The molecule has 1 heterocycles. The highest BCUT2D eigenvalue weighted by atomic mass is 16.5. The van der Waals surface area contributed by atoms with Gasteiger partial charge in [-0.15, -0.1) is 0 Å². The van der Waals surface area contributed by atoms with Gasteiger partial charge in [-0.25, -0.2) is 9.59 Å². The summed E-state index contributed by atoms with van der Waals surface area (Å²) in [6.45, 7) is 6.06. The molecular formula is C34H37N5O8. The number of carbonyl (C=O) groups excluding carboxylic acids is 2. The molecule has 0 saturated heterocycles. The quantitative estimate of drug-likeness (QED) is 0.0819. The van der Waals surface area contributed by atoms with Crippen molar-refractivity contribution in [3.63, 3.8) is 0 Å². The summed E-state index contributed by atoms with van der Waals surface area (Å²) in [5, 5.41) is 29.3. The summed E-state index contributed by atoms with van der Waals surface area (Å²) in [4.78, 5) is 24.6. The summed E-state index contributed by atoms with van der Waals surface area (Å²) in [7, 11) is 1.27. The van der Waals surface area contributed by atoms with E-state index in [9.17, 15) is 20.0 Å². The SMILES string of the molecule is CCOc1cc(/C=N\N[C@@H](O)COc2ccc([C@H]3NC(=O)NC(C)=C3C(=O)OC)cc2OCC)ccc1OCc1ccccc1C#N. The van der Waals surface area contributed by atoms with E-state index in [0.29, 0.717) is 58.6 Å². The van der Waals surface area contributed by atoms with Crippen LogP contribution < -0.4 is 35.0 Å². The first-order chi connectivity index (χ1) is 22.8. The largest absolute Gasteiger partial charge is 0.490 e. The number of esters is 1. The number of aliphatic hydroxyl groups excluding tert-OH is 1. The number of allylic oxidation sites excluding steroid dienone is 1. The highest BCUT2D eigenvalue weighted by molar-refractivity contribution is 5.95. The van der Waals surface area contributed by atoms with E-state index in [1.165, 1.54) is 13.3 Å². The highest BCUT2D eigenvalue weighted by Gasteiger charge is 2.32. The van der Waals surface area contributed by atoms with Crippen molar-refractivity contribution >= 4 is 18.2 Å². The molecule has 4 N–H and O–H groups in total. The predicted octanol–water partition coefficient (Wildman–Crippen LogP) is 4.06. The van der Waals surface area contributed by atoms with E-state index < -0.39 is 24.3 Å². The Kier molecular flexibility index (Phi) is 12.0. The maximum atomic E-state index is 12.5. The number of nitrogens with zero attached hydrogens (tertiary/aromatic N) is 2. The fraction of sp³-hybridized carbons (Fsp3) is 0.294. The molecule has 47 heavy (non-hydrogen) atoms. The van der Waals surface area contributed by atoms with Crippen LogP contribution in [0.4, 0.5) is 4.79 Å². The maximum absolute atomic E-state index is 12.5. The lowest BCUT2D eigenvalue weighted by Gasteiger charge is -2.28. The molecule has 0 saturated carbocycles. The van der Waals surface area contributed by atoms with E-state index >= 15 is 0 Å². The minimum Gasteiger partial charge on any atom is -0.490 e. The number of ether oxygens (including phenoxy) is 5. The van der Waals surface area contributed by atoms with Crippen molar-refractivity contribution in [3.05, 3.63) is 94.2 Å². The molecule has 0 spiro atoms. The maximum Gasteiger partial charge on any atom is 0.337 e. The third-order valence-electron chi connectivity index (χ3n) is 6.90. The average molecular weight is 644 g/mol. The molecule has 0 bridgehead atoms. The van der Waals surface area contributed by atoms with E-state index in [0.717, 1.165) is 5.56 Å². The van der Waals surface area contributed by atoms with Crippen molar-refractivity contribution in [1.82, 2.24) is 16.1 Å². The van der Waals surface area contributed by atoms with Gasteiger partial charge in [0.05, 0.1) is 49.8 Å². The highest BCUT2D eigenvalue weighted by Crippen LogP contribution is 2.35. The van der Waals surface area contributed by atoms with Gasteiger partial charge < -0.3 is 39.4 Å². The van der Waals surface area contributed by atoms with Crippen molar-refractivity contribution in [3.8, 4) is 29.1 Å². The molecule has 3 aromatic carbocycles. The summed E-state index contributed by atoms with van der Waals surface area (Å²) < 4.78 is 28.2. The molecule has 13 heteroatoms. The smallest absolute Gasteiger partial charge is 0.337 e. The van der Waals surface area contributed by atoms with E-state index in [4.69, 9.17) is 23.7 Å². The molecule has 1 aliphatic heterocycles. The Balaban J connectivity index is 1.38. The number of hydrogen-bond donors (Lipinski definition) is 4. The first-order valence-electron chi connectivity index (χ1n) is 14.9. The summed E-state index contributed by atoms with van der Waals surface area (Å²) in [5.41, 5.74) is 5.84. The summed E-state index contributed by atoms with van der Waals surface area (Å²) in [5.74, 6) is 1.15. The molecule has 0 aliphatic carbocycles. The standard InChI is InChI=1S/C34H37N5O8/c1-5-44-28-15-22(11-13-26(28)46-19-25-10-8-7-9-24(25)17-35)18-36-39-30(40)20-47-27-14-12-23(16-29(27)45-6-2)32-31(33(41)43-4)21(3)37-34(42)38-32/h7-16,18,30,32,39-40H,5-6,19-20H2,1-4H3,(H2,37,38,42)/b36-18-/t30-,32+/m0/s1. The zero-order valence-corrected chi connectivity index (χ0v) is 26.5. The number of methoxy groups -OCH3 is 1. The molecular weight excluding hydrogens is 606 g/mol. The number of nitriles is 1. The van der Waals surface area contributed by atoms with Crippen LogP contribution in [-0.4, -0.2) is 56.5 Å².